The number of aliphatic imine (C=N–C) groups is 1. The number of hydrazine groups is 1. The Hall–Kier alpha value is -1.90. The van der Waals surface area contributed by atoms with Crippen LogP contribution in [-0.4, -0.2) is 40.3 Å². The molecule has 2 aliphatic heterocycles. The summed E-state index contributed by atoms with van der Waals surface area (Å²) in [5.74, 6) is 0.712. The molecule has 3 N–H and O–H groups in total. The van der Waals surface area contributed by atoms with Crippen molar-refractivity contribution in [2.75, 3.05) is 6.54 Å². The number of nitrogens with zero attached hydrogens (tertiary/aromatic N) is 2. The average Bonchev–Trinajstić information content (AvgIpc) is 3.06. The van der Waals surface area contributed by atoms with E-state index in [1.807, 2.05) is 24.1 Å². The highest BCUT2D eigenvalue weighted by atomic mass is 19.4. The normalized spacial score (nSPS) is 35.0. The van der Waals surface area contributed by atoms with Gasteiger partial charge in [-0.3, -0.25) is 10.3 Å². The molecular weight excluding hydrogens is 369 g/mol. The minimum Gasteiger partial charge on any atom is -0.390 e. The Morgan fingerprint density at radius 2 is 2.00 bits per heavy atom. The number of halogens is 3. The molecule has 1 aliphatic carbocycles. The molecule has 152 valence electrons. The van der Waals surface area contributed by atoms with Crippen molar-refractivity contribution >= 4 is 5.84 Å². The first kappa shape index (κ1) is 19.4. The van der Waals surface area contributed by atoms with E-state index in [1.54, 1.807) is 6.07 Å². The van der Waals surface area contributed by atoms with Crippen molar-refractivity contribution in [3.8, 4) is 0 Å². The Labute approximate surface area is 162 Å². The van der Waals surface area contributed by atoms with Gasteiger partial charge < -0.3 is 10.5 Å². The van der Waals surface area contributed by atoms with E-state index < -0.39 is 17.3 Å². The van der Waals surface area contributed by atoms with E-state index in [2.05, 4.69) is 10.7 Å². The fourth-order valence-electron chi connectivity index (χ4n) is 4.11. The minimum atomic E-state index is -4.36. The monoisotopic (exact) mass is 394 g/mol. The first-order chi connectivity index (χ1) is 13.2. The van der Waals surface area contributed by atoms with E-state index in [0.717, 1.165) is 31.7 Å². The van der Waals surface area contributed by atoms with Crippen LogP contribution in [0.4, 0.5) is 13.2 Å². The van der Waals surface area contributed by atoms with Gasteiger partial charge in [0.15, 0.2) is 0 Å². The Morgan fingerprint density at radius 1 is 1.25 bits per heavy atom. The van der Waals surface area contributed by atoms with Crippen LogP contribution in [0.2, 0.25) is 0 Å². The quantitative estimate of drug-likeness (QED) is 0.721. The molecule has 2 fully saturated rings. The zero-order valence-corrected chi connectivity index (χ0v) is 15.7. The predicted molar refractivity (Wildman–Crippen MR) is 100 cm³/mol. The number of benzene rings is 1. The number of hydrogen-bond acceptors (Lipinski definition) is 4. The third-order valence-electron chi connectivity index (χ3n) is 5.79. The molecule has 1 saturated carbocycles. The maximum Gasteiger partial charge on any atom is 0.416 e. The van der Waals surface area contributed by atoms with E-state index in [9.17, 15) is 18.3 Å². The summed E-state index contributed by atoms with van der Waals surface area (Å²) in [5.41, 5.74) is 2.65. The lowest BCUT2D eigenvalue weighted by Gasteiger charge is -2.34. The topological polar surface area (TPSA) is 59.9 Å². The average molecular weight is 394 g/mol. The Bertz CT molecular complexity index is 780. The van der Waals surface area contributed by atoms with Gasteiger partial charge in [-0.1, -0.05) is 12.1 Å². The highest BCUT2D eigenvalue weighted by Crippen LogP contribution is 2.34. The first-order valence-corrected chi connectivity index (χ1v) is 9.65. The molecular formula is C20H25F3N4O. The van der Waals surface area contributed by atoms with Crippen LogP contribution < -0.4 is 10.7 Å². The lowest BCUT2D eigenvalue weighted by atomic mass is 9.84. The molecule has 0 radical (unpaired) electrons. The molecule has 2 atom stereocenters. The van der Waals surface area contributed by atoms with Gasteiger partial charge in [0, 0.05) is 6.54 Å². The number of fused-ring (bicyclic) bond motifs is 1. The van der Waals surface area contributed by atoms with Gasteiger partial charge >= 0.3 is 6.18 Å². The number of nitrogens with one attached hydrogen (secondary N) is 2. The molecule has 0 spiro atoms. The van der Waals surface area contributed by atoms with Crippen molar-refractivity contribution < 1.29 is 18.3 Å². The summed E-state index contributed by atoms with van der Waals surface area (Å²) in [6.07, 6.45) is 2.53. The Balaban J connectivity index is 1.50. The molecule has 5 nitrogen and oxygen atoms in total. The molecule has 2 unspecified atom stereocenters. The summed E-state index contributed by atoms with van der Waals surface area (Å²) in [5, 5.41) is 15.3. The van der Waals surface area contributed by atoms with E-state index in [-0.39, 0.29) is 18.2 Å². The second kappa shape index (κ2) is 7.17. The van der Waals surface area contributed by atoms with Crippen molar-refractivity contribution in [3.05, 3.63) is 47.5 Å². The van der Waals surface area contributed by atoms with Crippen LogP contribution in [0.15, 0.2) is 41.4 Å². The standard InChI is InChI=1S/C20H25F3N4O/c1-19(28)9-7-15(8-10-19)25-17-5-6-18-24-12-16(27(18)26-17)13-3-2-4-14(11-13)20(21,22)23/h2-6,11,15-16,18,24,28H,7-10,12H2,1H3,(H,25,26). The van der Waals surface area contributed by atoms with E-state index >= 15 is 0 Å². The van der Waals surface area contributed by atoms with Gasteiger partial charge in [-0.2, -0.15) is 18.2 Å². The number of hydrogen-bond donors (Lipinski definition) is 3. The summed E-state index contributed by atoms with van der Waals surface area (Å²) >= 11 is 0. The zero-order chi connectivity index (χ0) is 19.9. The maximum atomic E-state index is 13.1. The first-order valence-electron chi connectivity index (χ1n) is 9.65. The van der Waals surface area contributed by atoms with Crippen LogP contribution in [0.3, 0.4) is 0 Å². The fourth-order valence-corrected chi connectivity index (χ4v) is 4.11. The second-order valence-corrected chi connectivity index (χ2v) is 8.11. The van der Waals surface area contributed by atoms with Crippen molar-refractivity contribution in [2.45, 2.75) is 62.6 Å². The van der Waals surface area contributed by atoms with E-state index in [4.69, 9.17) is 4.99 Å². The highest BCUT2D eigenvalue weighted by Gasteiger charge is 2.37. The SMILES string of the molecule is CC1(O)CCC(N=C2C=CC3NCC(c4cccc(C(F)(F)F)c4)N3N2)CC1. The smallest absolute Gasteiger partial charge is 0.390 e. The van der Waals surface area contributed by atoms with Gasteiger partial charge in [0.25, 0.3) is 0 Å². The summed E-state index contributed by atoms with van der Waals surface area (Å²) < 4.78 is 39.2. The summed E-state index contributed by atoms with van der Waals surface area (Å²) in [6, 6.07) is 5.41. The summed E-state index contributed by atoms with van der Waals surface area (Å²) in [4.78, 5) is 4.76. The molecule has 28 heavy (non-hydrogen) atoms. The predicted octanol–water partition coefficient (Wildman–Crippen LogP) is 3.14. The molecule has 1 aromatic carbocycles. The van der Waals surface area contributed by atoms with Gasteiger partial charge in [0.05, 0.1) is 29.4 Å². The van der Waals surface area contributed by atoms with Crippen LogP contribution in [0.25, 0.3) is 0 Å². The van der Waals surface area contributed by atoms with Crippen LogP contribution in [-0.2, 0) is 6.18 Å². The summed E-state index contributed by atoms with van der Waals surface area (Å²) in [7, 11) is 0. The van der Waals surface area contributed by atoms with Crippen LogP contribution in [0, 0.1) is 0 Å². The molecule has 3 aliphatic rings. The minimum absolute atomic E-state index is 0.0921. The second-order valence-electron chi connectivity index (χ2n) is 8.11. The van der Waals surface area contributed by atoms with Crippen molar-refractivity contribution in [1.29, 1.82) is 0 Å². The van der Waals surface area contributed by atoms with Gasteiger partial charge in [0.2, 0.25) is 0 Å². The van der Waals surface area contributed by atoms with Crippen molar-refractivity contribution in [3.63, 3.8) is 0 Å². The lowest BCUT2D eigenvalue weighted by molar-refractivity contribution is -0.137. The highest BCUT2D eigenvalue weighted by molar-refractivity contribution is 5.93. The number of amidine groups is 1. The molecule has 0 aromatic heterocycles. The lowest BCUT2D eigenvalue weighted by Crippen LogP contribution is -2.50. The number of rotatable bonds is 2. The molecule has 8 heteroatoms. The summed E-state index contributed by atoms with van der Waals surface area (Å²) in [6.45, 7) is 2.40. The zero-order valence-electron chi connectivity index (χ0n) is 15.7. The van der Waals surface area contributed by atoms with Crippen LogP contribution >= 0.6 is 0 Å². The van der Waals surface area contributed by atoms with E-state index in [0.29, 0.717) is 17.9 Å². The Morgan fingerprint density at radius 3 is 2.71 bits per heavy atom. The fraction of sp³-hybridized carbons (Fsp3) is 0.550. The van der Waals surface area contributed by atoms with Gasteiger partial charge in [-0.05, 0) is 62.5 Å². The van der Waals surface area contributed by atoms with Crippen molar-refractivity contribution in [2.24, 2.45) is 4.99 Å². The van der Waals surface area contributed by atoms with Gasteiger partial charge in [-0.15, -0.1) is 0 Å². The van der Waals surface area contributed by atoms with Crippen LogP contribution in [0.5, 0.6) is 0 Å². The van der Waals surface area contributed by atoms with Gasteiger partial charge in [-0.25, -0.2) is 0 Å². The Kier molecular flexibility index (Phi) is 4.97. The number of alkyl halides is 3. The molecule has 1 aromatic rings. The molecule has 0 amide bonds. The third kappa shape index (κ3) is 4.09. The maximum absolute atomic E-state index is 13.1. The van der Waals surface area contributed by atoms with Crippen molar-refractivity contribution in [1.82, 2.24) is 15.8 Å². The largest absolute Gasteiger partial charge is 0.416 e. The third-order valence-corrected chi connectivity index (χ3v) is 5.79. The number of aliphatic hydroxyl groups is 1. The van der Waals surface area contributed by atoms with E-state index in [1.165, 1.54) is 12.1 Å². The van der Waals surface area contributed by atoms with Crippen LogP contribution in [0.1, 0.15) is 49.8 Å². The molecule has 2 heterocycles. The van der Waals surface area contributed by atoms with Gasteiger partial charge in [0.1, 0.15) is 5.84 Å². The molecule has 4 rings (SSSR count). The molecule has 1 saturated heterocycles. The molecule has 0 bridgehead atoms.